The van der Waals surface area contributed by atoms with Crippen molar-refractivity contribution in [3.8, 4) is 0 Å². The zero-order valence-corrected chi connectivity index (χ0v) is 6.10. The van der Waals surface area contributed by atoms with Crippen LogP contribution in [0.2, 0.25) is 5.02 Å². The highest BCUT2D eigenvalue weighted by molar-refractivity contribution is 6.33. The van der Waals surface area contributed by atoms with Crippen LogP contribution in [0.5, 0.6) is 0 Å². The molecular weight excluding hydrogens is 169 g/mol. The summed E-state index contributed by atoms with van der Waals surface area (Å²) in [5.74, 6) is -0.483. The molecule has 0 atom stereocenters. The van der Waals surface area contributed by atoms with Crippen molar-refractivity contribution in [1.82, 2.24) is 0 Å². The highest BCUT2D eigenvalue weighted by Gasteiger charge is 1.98. The Morgan fingerprint density at radius 1 is 1.55 bits per heavy atom. The van der Waals surface area contributed by atoms with Gasteiger partial charge in [-0.3, -0.25) is 0 Å². The molecule has 0 radical (unpaired) electrons. The van der Waals surface area contributed by atoms with Crippen molar-refractivity contribution in [1.29, 1.82) is 0 Å². The largest absolute Gasteiger partial charge is 0.240 e. The molecule has 0 amide bonds. The predicted molar refractivity (Wildman–Crippen MR) is 39.2 cm³/mol. The van der Waals surface area contributed by atoms with Gasteiger partial charge in [0.1, 0.15) is 5.82 Å². The fraction of sp³-hybridized carbons (Fsp3) is 0. The molecule has 11 heavy (non-hydrogen) atoms. The van der Waals surface area contributed by atoms with Crippen LogP contribution >= 0.6 is 11.6 Å². The number of isocyanates is 1. The fourth-order valence-electron chi connectivity index (χ4n) is 0.621. The van der Waals surface area contributed by atoms with Crippen LogP contribution in [0.15, 0.2) is 23.2 Å². The van der Waals surface area contributed by atoms with E-state index >= 15 is 0 Å². The van der Waals surface area contributed by atoms with E-state index in [0.29, 0.717) is 0 Å². The highest BCUT2D eigenvalue weighted by atomic mass is 35.5. The molecule has 1 aromatic carbocycles. The van der Waals surface area contributed by atoms with E-state index in [-0.39, 0.29) is 10.7 Å². The Morgan fingerprint density at radius 3 is 2.91 bits per heavy atom. The second-order valence-electron chi connectivity index (χ2n) is 1.80. The standard InChI is InChI=1S/C7H3ClFNO/c8-6-2-1-5(9)3-7(6)10-4-11/h1-3H. The van der Waals surface area contributed by atoms with Crippen molar-refractivity contribution in [2.24, 2.45) is 4.99 Å². The first-order chi connectivity index (χ1) is 5.24. The average molecular weight is 172 g/mol. The lowest BCUT2D eigenvalue weighted by atomic mass is 10.3. The number of carbonyl (C=O) groups excluding carboxylic acids is 1. The molecule has 0 bridgehead atoms. The lowest BCUT2D eigenvalue weighted by Gasteiger charge is -1.93. The van der Waals surface area contributed by atoms with Gasteiger partial charge in [-0.15, -0.1) is 0 Å². The van der Waals surface area contributed by atoms with Crippen LogP contribution in [0.3, 0.4) is 0 Å². The van der Waals surface area contributed by atoms with Crippen molar-refractivity contribution in [2.45, 2.75) is 0 Å². The Kier molecular flexibility index (Phi) is 2.36. The highest BCUT2D eigenvalue weighted by Crippen LogP contribution is 2.24. The first-order valence-corrected chi connectivity index (χ1v) is 3.15. The van der Waals surface area contributed by atoms with Gasteiger partial charge in [0.15, 0.2) is 0 Å². The minimum atomic E-state index is -0.483. The number of hydrogen-bond donors (Lipinski definition) is 0. The zero-order chi connectivity index (χ0) is 8.27. The molecule has 0 aromatic heterocycles. The Bertz CT molecular complexity index is 320. The van der Waals surface area contributed by atoms with E-state index in [4.69, 9.17) is 11.6 Å². The predicted octanol–water partition coefficient (Wildman–Crippen LogP) is 2.45. The molecule has 56 valence electrons. The van der Waals surface area contributed by atoms with Crippen LogP contribution in [-0.2, 0) is 4.79 Å². The van der Waals surface area contributed by atoms with E-state index in [1.807, 2.05) is 0 Å². The van der Waals surface area contributed by atoms with Gasteiger partial charge >= 0.3 is 0 Å². The second-order valence-corrected chi connectivity index (χ2v) is 2.21. The third-order valence-corrected chi connectivity index (χ3v) is 1.39. The zero-order valence-electron chi connectivity index (χ0n) is 5.34. The summed E-state index contributed by atoms with van der Waals surface area (Å²) in [6.07, 6.45) is 1.28. The Balaban J connectivity index is 3.22. The van der Waals surface area contributed by atoms with Crippen LogP contribution in [0.1, 0.15) is 0 Å². The normalized spacial score (nSPS) is 8.91. The number of aliphatic imine (C=N–C) groups is 1. The first kappa shape index (κ1) is 7.92. The van der Waals surface area contributed by atoms with Crippen LogP contribution in [0, 0.1) is 5.82 Å². The van der Waals surface area contributed by atoms with Crippen LogP contribution < -0.4 is 0 Å². The molecule has 0 saturated carbocycles. The topological polar surface area (TPSA) is 29.4 Å². The van der Waals surface area contributed by atoms with E-state index < -0.39 is 5.82 Å². The number of hydrogen-bond acceptors (Lipinski definition) is 2. The first-order valence-electron chi connectivity index (χ1n) is 2.77. The van der Waals surface area contributed by atoms with Gasteiger partial charge in [-0.1, -0.05) is 11.6 Å². The smallest absolute Gasteiger partial charge is 0.211 e. The van der Waals surface area contributed by atoms with Gasteiger partial charge in [-0.05, 0) is 12.1 Å². The van der Waals surface area contributed by atoms with Gasteiger partial charge in [0.2, 0.25) is 6.08 Å². The van der Waals surface area contributed by atoms with E-state index in [1.165, 1.54) is 18.2 Å². The summed E-state index contributed by atoms with van der Waals surface area (Å²) in [5.41, 5.74) is 0.0988. The van der Waals surface area contributed by atoms with Gasteiger partial charge in [-0.25, -0.2) is 9.18 Å². The Labute approximate surface area is 67.3 Å². The number of rotatable bonds is 1. The van der Waals surface area contributed by atoms with Gasteiger partial charge in [0, 0.05) is 6.07 Å². The van der Waals surface area contributed by atoms with Crippen molar-refractivity contribution in [3.05, 3.63) is 29.0 Å². The molecular formula is C7H3ClFNO. The molecule has 1 rings (SSSR count). The summed E-state index contributed by atoms with van der Waals surface area (Å²) in [7, 11) is 0. The molecule has 0 unspecified atom stereocenters. The Morgan fingerprint density at radius 2 is 2.27 bits per heavy atom. The number of benzene rings is 1. The van der Waals surface area contributed by atoms with Crippen molar-refractivity contribution < 1.29 is 9.18 Å². The summed E-state index contributed by atoms with van der Waals surface area (Å²) >= 11 is 5.54. The summed E-state index contributed by atoms with van der Waals surface area (Å²) in [4.78, 5) is 13.0. The van der Waals surface area contributed by atoms with Crippen LogP contribution in [0.25, 0.3) is 0 Å². The molecule has 1 aromatic rings. The maximum Gasteiger partial charge on any atom is 0.240 e. The van der Waals surface area contributed by atoms with Gasteiger partial charge < -0.3 is 0 Å². The van der Waals surface area contributed by atoms with E-state index in [2.05, 4.69) is 4.99 Å². The second kappa shape index (κ2) is 3.28. The minimum absolute atomic E-state index is 0.0988. The molecule has 0 aliphatic carbocycles. The molecule has 0 saturated heterocycles. The molecule has 0 spiro atoms. The molecule has 4 heteroatoms. The van der Waals surface area contributed by atoms with Crippen molar-refractivity contribution >= 4 is 23.4 Å². The van der Waals surface area contributed by atoms with Crippen molar-refractivity contribution in [2.75, 3.05) is 0 Å². The summed E-state index contributed by atoms with van der Waals surface area (Å²) in [5, 5.41) is 0.231. The monoisotopic (exact) mass is 171 g/mol. The molecule has 0 fully saturated rings. The quantitative estimate of drug-likeness (QED) is 0.471. The van der Waals surface area contributed by atoms with Gasteiger partial charge in [-0.2, -0.15) is 4.99 Å². The van der Waals surface area contributed by atoms with Crippen molar-refractivity contribution in [3.63, 3.8) is 0 Å². The third kappa shape index (κ3) is 1.87. The van der Waals surface area contributed by atoms with Crippen LogP contribution in [-0.4, -0.2) is 6.08 Å². The number of halogens is 2. The van der Waals surface area contributed by atoms with E-state index in [9.17, 15) is 9.18 Å². The summed E-state index contributed by atoms with van der Waals surface area (Å²) in [6.45, 7) is 0. The van der Waals surface area contributed by atoms with Gasteiger partial charge in [0.05, 0.1) is 10.7 Å². The molecule has 0 N–H and O–H groups in total. The maximum atomic E-state index is 12.4. The lowest BCUT2D eigenvalue weighted by Crippen LogP contribution is -1.72. The minimum Gasteiger partial charge on any atom is -0.211 e. The van der Waals surface area contributed by atoms with E-state index in [0.717, 1.165) is 6.07 Å². The van der Waals surface area contributed by atoms with Crippen LogP contribution in [0.4, 0.5) is 10.1 Å². The third-order valence-electron chi connectivity index (χ3n) is 1.07. The fourth-order valence-corrected chi connectivity index (χ4v) is 0.780. The maximum absolute atomic E-state index is 12.4. The van der Waals surface area contributed by atoms with Gasteiger partial charge in [0.25, 0.3) is 0 Å². The molecule has 2 nitrogen and oxygen atoms in total. The van der Waals surface area contributed by atoms with E-state index in [1.54, 1.807) is 0 Å². The SMILES string of the molecule is O=C=Nc1cc(F)ccc1Cl. The lowest BCUT2D eigenvalue weighted by molar-refractivity contribution is 0.565. The summed E-state index contributed by atoms with van der Waals surface area (Å²) < 4.78 is 12.4. The molecule has 0 heterocycles. The average Bonchev–Trinajstić information content (AvgIpc) is 1.98. The molecule has 0 aliphatic heterocycles. The summed E-state index contributed by atoms with van der Waals surface area (Å²) in [6, 6.07) is 3.58. The Hall–Kier alpha value is -1.18. The number of nitrogens with zero attached hydrogens (tertiary/aromatic N) is 1. The molecule has 0 aliphatic rings.